The quantitative estimate of drug-likeness (QED) is 0.917. The van der Waals surface area contributed by atoms with Gasteiger partial charge in [0.2, 0.25) is 0 Å². The second-order valence-corrected chi connectivity index (χ2v) is 4.98. The molecule has 0 bridgehead atoms. The van der Waals surface area contributed by atoms with Crippen LogP contribution < -0.4 is 10.5 Å². The summed E-state index contributed by atoms with van der Waals surface area (Å²) in [4.78, 5) is 0. The molecule has 0 saturated heterocycles. The monoisotopic (exact) mass is 273 g/mol. The van der Waals surface area contributed by atoms with Crippen molar-refractivity contribution >= 4 is 0 Å². The Bertz CT molecular complexity index is 610. The van der Waals surface area contributed by atoms with Crippen molar-refractivity contribution in [2.75, 3.05) is 6.61 Å². The molecule has 0 saturated carbocycles. The molecule has 0 aliphatic rings. The van der Waals surface area contributed by atoms with Crippen LogP contribution in [0.5, 0.6) is 5.75 Å². The van der Waals surface area contributed by atoms with Gasteiger partial charge in [0.05, 0.1) is 12.6 Å². The van der Waals surface area contributed by atoms with E-state index in [2.05, 4.69) is 0 Å². The van der Waals surface area contributed by atoms with Crippen LogP contribution in [0.4, 0.5) is 4.39 Å². The number of hydrogen-bond acceptors (Lipinski definition) is 2. The summed E-state index contributed by atoms with van der Waals surface area (Å²) >= 11 is 0. The van der Waals surface area contributed by atoms with Crippen molar-refractivity contribution in [1.82, 2.24) is 0 Å². The van der Waals surface area contributed by atoms with Crippen LogP contribution in [0.2, 0.25) is 0 Å². The van der Waals surface area contributed by atoms with Crippen LogP contribution in [0, 0.1) is 19.7 Å². The Balaban J connectivity index is 2.49. The van der Waals surface area contributed by atoms with Crippen LogP contribution in [0.25, 0.3) is 0 Å². The highest BCUT2D eigenvalue weighted by molar-refractivity contribution is 5.44. The van der Waals surface area contributed by atoms with E-state index >= 15 is 0 Å². The predicted molar refractivity (Wildman–Crippen MR) is 79.5 cm³/mol. The third-order valence-electron chi connectivity index (χ3n) is 3.29. The minimum atomic E-state index is -0.531. The van der Waals surface area contributed by atoms with E-state index in [0.29, 0.717) is 17.9 Å². The first-order valence-corrected chi connectivity index (χ1v) is 6.78. The minimum absolute atomic E-state index is 0.285. The highest BCUT2D eigenvalue weighted by Gasteiger charge is 2.18. The molecule has 106 valence electrons. The lowest BCUT2D eigenvalue weighted by Gasteiger charge is -2.18. The lowest BCUT2D eigenvalue weighted by Crippen LogP contribution is -2.15. The summed E-state index contributed by atoms with van der Waals surface area (Å²) in [7, 11) is 0. The fraction of sp³-hybridized carbons (Fsp3) is 0.294. The Labute approximate surface area is 119 Å². The number of hydrogen-bond donors (Lipinski definition) is 1. The summed E-state index contributed by atoms with van der Waals surface area (Å²) in [6.45, 7) is 6.38. The van der Waals surface area contributed by atoms with Crippen molar-refractivity contribution in [3.05, 3.63) is 64.5 Å². The smallest absolute Gasteiger partial charge is 0.128 e. The lowest BCUT2D eigenvalue weighted by atomic mass is 9.95. The van der Waals surface area contributed by atoms with Crippen molar-refractivity contribution in [3.63, 3.8) is 0 Å². The van der Waals surface area contributed by atoms with Gasteiger partial charge in [-0.15, -0.1) is 0 Å². The summed E-state index contributed by atoms with van der Waals surface area (Å²) in [6, 6.07) is 10.3. The Morgan fingerprint density at radius 3 is 2.30 bits per heavy atom. The zero-order valence-corrected chi connectivity index (χ0v) is 12.1. The first-order valence-electron chi connectivity index (χ1n) is 6.78. The van der Waals surface area contributed by atoms with E-state index in [1.54, 1.807) is 12.1 Å². The van der Waals surface area contributed by atoms with Gasteiger partial charge in [0, 0.05) is 11.1 Å². The first kappa shape index (κ1) is 14.5. The second kappa shape index (κ2) is 6.06. The summed E-state index contributed by atoms with van der Waals surface area (Å²) in [5, 5.41) is 0. The maximum absolute atomic E-state index is 14.0. The van der Waals surface area contributed by atoms with Gasteiger partial charge in [0.25, 0.3) is 0 Å². The normalized spacial score (nSPS) is 12.2. The van der Waals surface area contributed by atoms with Gasteiger partial charge in [-0.1, -0.05) is 35.4 Å². The minimum Gasteiger partial charge on any atom is -0.494 e. The molecule has 2 aromatic rings. The molecular formula is C17H20FNO. The third-order valence-corrected chi connectivity index (χ3v) is 3.29. The molecule has 0 spiro atoms. The van der Waals surface area contributed by atoms with E-state index in [9.17, 15) is 4.39 Å². The van der Waals surface area contributed by atoms with Gasteiger partial charge in [-0.2, -0.15) is 0 Å². The Hall–Kier alpha value is -1.87. The Morgan fingerprint density at radius 2 is 1.65 bits per heavy atom. The van der Waals surface area contributed by atoms with Crippen LogP contribution >= 0.6 is 0 Å². The zero-order valence-electron chi connectivity index (χ0n) is 12.1. The van der Waals surface area contributed by atoms with Crippen LogP contribution in [-0.2, 0) is 0 Å². The Morgan fingerprint density at radius 1 is 1.05 bits per heavy atom. The van der Waals surface area contributed by atoms with E-state index in [-0.39, 0.29) is 5.82 Å². The largest absolute Gasteiger partial charge is 0.494 e. The molecule has 0 amide bonds. The standard InChI is InChI=1S/C17H20FNO/c1-4-20-16-8-6-12(3)10-14(16)17(19)13-9-11(2)5-7-15(13)18/h5-10,17H,4,19H2,1-3H3. The summed E-state index contributed by atoms with van der Waals surface area (Å²) < 4.78 is 19.6. The van der Waals surface area contributed by atoms with Crippen LogP contribution in [-0.4, -0.2) is 6.61 Å². The number of rotatable bonds is 4. The molecule has 1 unspecified atom stereocenters. The fourth-order valence-electron chi connectivity index (χ4n) is 2.27. The maximum Gasteiger partial charge on any atom is 0.128 e. The number of halogens is 1. The van der Waals surface area contributed by atoms with E-state index in [4.69, 9.17) is 10.5 Å². The molecule has 2 nitrogen and oxygen atoms in total. The highest BCUT2D eigenvalue weighted by atomic mass is 19.1. The van der Waals surface area contributed by atoms with Crippen LogP contribution in [0.3, 0.4) is 0 Å². The number of aryl methyl sites for hydroxylation is 2. The number of nitrogens with two attached hydrogens (primary N) is 1. The predicted octanol–water partition coefficient (Wildman–Crippen LogP) is 3.89. The van der Waals surface area contributed by atoms with E-state index in [1.165, 1.54) is 6.07 Å². The van der Waals surface area contributed by atoms with Gasteiger partial charge in [-0.3, -0.25) is 0 Å². The average molecular weight is 273 g/mol. The topological polar surface area (TPSA) is 35.2 Å². The second-order valence-electron chi connectivity index (χ2n) is 4.98. The van der Waals surface area contributed by atoms with E-state index < -0.39 is 6.04 Å². The average Bonchev–Trinajstić information content (AvgIpc) is 2.43. The molecule has 1 atom stereocenters. The number of benzene rings is 2. The molecule has 0 aliphatic heterocycles. The van der Waals surface area contributed by atoms with Gasteiger partial charge in [-0.25, -0.2) is 4.39 Å². The molecular weight excluding hydrogens is 253 g/mol. The van der Waals surface area contributed by atoms with Gasteiger partial charge >= 0.3 is 0 Å². The van der Waals surface area contributed by atoms with Crippen molar-refractivity contribution < 1.29 is 9.13 Å². The van der Waals surface area contributed by atoms with Crippen molar-refractivity contribution in [2.24, 2.45) is 5.73 Å². The molecule has 2 aromatic carbocycles. The maximum atomic E-state index is 14.0. The zero-order chi connectivity index (χ0) is 14.7. The molecule has 0 heterocycles. The summed E-state index contributed by atoms with van der Waals surface area (Å²) in [5.41, 5.74) is 9.64. The third kappa shape index (κ3) is 2.99. The number of ether oxygens (including phenoxy) is 1. The first-order chi connectivity index (χ1) is 9.52. The van der Waals surface area contributed by atoms with Crippen molar-refractivity contribution in [2.45, 2.75) is 26.8 Å². The molecule has 3 heteroatoms. The molecule has 0 radical (unpaired) electrons. The van der Waals surface area contributed by atoms with Gasteiger partial charge in [0.15, 0.2) is 0 Å². The molecule has 20 heavy (non-hydrogen) atoms. The highest BCUT2D eigenvalue weighted by Crippen LogP contribution is 2.31. The van der Waals surface area contributed by atoms with Gasteiger partial charge < -0.3 is 10.5 Å². The van der Waals surface area contributed by atoms with Crippen molar-refractivity contribution in [1.29, 1.82) is 0 Å². The van der Waals surface area contributed by atoms with Crippen molar-refractivity contribution in [3.8, 4) is 5.75 Å². The molecule has 2 N–H and O–H groups in total. The summed E-state index contributed by atoms with van der Waals surface area (Å²) in [6.07, 6.45) is 0. The molecule has 0 aliphatic carbocycles. The van der Waals surface area contributed by atoms with Crippen LogP contribution in [0.15, 0.2) is 36.4 Å². The fourth-order valence-corrected chi connectivity index (χ4v) is 2.27. The van der Waals surface area contributed by atoms with E-state index in [1.807, 2.05) is 39.0 Å². The molecule has 2 rings (SSSR count). The van der Waals surface area contributed by atoms with E-state index in [0.717, 1.165) is 16.7 Å². The van der Waals surface area contributed by atoms with Gasteiger partial charge in [-0.05, 0) is 32.9 Å². The molecule has 0 aromatic heterocycles. The van der Waals surface area contributed by atoms with Crippen LogP contribution in [0.1, 0.15) is 35.2 Å². The SMILES string of the molecule is CCOc1ccc(C)cc1C(N)c1cc(C)ccc1F. The summed E-state index contributed by atoms with van der Waals surface area (Å²) in [5.74, 6) is 0.429. The lowest BCUT2D eigenvalue weighted by molar-refractivity contribution is 0.335. The van der Waals surface area contributed by atoms with Gasteiger partial charge in [0.1, 0.15) is 11.6 Å². The molecule has 0 fully saturated rings. The Kier molecular flexibility index (Phi) is 4.40.